The summed E-state index contributed by atoms with van der Waals surface area (Å²) in [6.45, 7) is 3.06. The lowest BCUT2D eigenvalue weighted by Gasteiger charge is -2.45. The third kappa shape index (κ3) is 3.54. The smallest absolute Gasteiger partial charge is 0.336 e. The van der Waals surface area contributed by atoms with Crippen molar-refractivity contribution in [2.75, 3.05) is 6.61 Å². The standard InChI is InChI=1S/C20H24O9/c1-20(2)13(27-19-17(25)16(24)15(23)12(8-21)26-19)7-10-11(29-20)5-3-9-4-6-14(22)28-18(9)10/h3-6,12-13,15-17,19,21,23-25H,7-8H2,1-2H3/t12-,13+,15-,16+,17-,19+/m1/s1. The van der Waals surface area contributed by atoms with Crippen LogP contribution in [0.5, 0.6) is 5.75 Å². The zero-order valence-electron chi connectivity index (χ0n) is 16.0. The number of benzene rings is 1. The quantitative estimate of drug-likeness (QED) is 0.504. The monoisotopic (exact) mass is 408 g/mol. The van der Waals surface area contributed by atoms with Crippen LogP contribution in [0, 0.1) is 0 Å². The minimum atomic E-state index is -1.54. The average molecular weight is 408 g/mol. The summed E-state index contributed by atoms with van der Waals surface area (Å²) >= 11 is 0. The van der Waals surface area contributed by atoms with Crippen molar-refractivity contribution >= 4 is 11.0 Å². The van der Waals surface area contributed by atoms with E-state index < -0.39 is 54.6 Å². The summed E-state index contributed by atoms with van der Waals surface area (Å²) in [7, 11) is 0. The molecule has 2 aromatic rings. The van der Waals surface area contributed by atoms with E-state index in [0.717, 1.165) is 5.39 Å². The van der Waals surface area contributed by atoms with Gasteiger partial charge in [0.15, 0.2) is 6.29 Å². The highest BCUT2D eigenvalue weighted by Crippen LogP contribution is 2.39. The van der Waals surface area contributed by atoms with E-state index >= 15 is 0 Å². The molecule has 29 heavy (non-hydrogen) atoms. The van der Waals surface area contributed by atoms with Crippen LogP contribution in [0.1, 0.15) is 19.4 Å². The van der Waals surface area contributed by atoms with E-state index in [-0.39, 0.29) is 0 Å². The first kappa shape index (κ1) is 20.3. The Labute approximate surface area is 166 Å². The van der Waals surface area contributed by atoms with E-state index in [0.29, 0.717) is 23.3 Å². The van der Waals surface area contributed by atoms with Gasteiger partial charge in [-0.3, -0.25) is 0 Å². The molecule has 1 fully saturated rings. The minimum Gasteiger partial charge on any atom is -0.485 e. The topological polar surface area (TPSA) is 139 Å². The van der Waals surface area contributed by atoms with Crippen molar-refractivity contribution in [3.8, 4) is 5.75 Å². The number of aliphatic hydroxyl groups excluding tert-OH is 4. The van der Waals surface area contributed by atoms with Crippen molar-refractivity contribution in [1.29, 1.82) is 0 Å². The molecule has 0 amide bonds. The number of aliphatic hydroxyl groups is 4. The SMILES string of the molecule is CC1(C)Oc2ccc3ccc(=O)oc3c2C[C@@H]1O[C@@H]1O[C@H](CO)[C@@H](O)[C@H](O)[C@H]1O. The summed E-state index contributed by atoms with van der Waals surface area (Å²) in [6.07, 6.45) is -7.24. The Kier molecular flexibility index (Phi) is 5.14. The second-order valence-corrected chi connectivity index (χ2v) is 7.95. The van der Waals surface area contributed by atoms with Crippen LogP contribution in [0.15, 0.2) is 33.5 Å². The molecule has 158 valence electrons. The van der Waals surface area contributed by atoms with Gasteiger partial charge in [-0.1, -0.05) is 0 Å². The van der Waals surface area contributed by atoms with Crippen LogP contribution in [0.4, 0.5) is 0 Å². The molecule has 4 rings (SSSR count). The van der Waals surface area contributed by atoms with Crippen molar-refractivity contribution in [3.63, 3.8) is 0 Å². The number of rotatable bonds is 3. The van der Waals surface area contributed by atoms with Gasteiger partial charge in [0.2, 0.25) is 0 Å². The average Bonchev–Trinajstić information content (AvgIpc) is 2.68. The maximum atomic E-state index is 11.7. The van der Waals surface area contributed by atoms with Gasteiger partial charge in [0.05, 0.1) is 6.61 Å². The predicted molar refractivity (Wildman–Crippen MR) is 99.5 cm³/mol. The van der Waals surface area contributed by atoms with Gasteiger partial charge in [-0.15, -0.1) is 0 Å². The molecule has 3 heterocycles. The molecule has 1 aromatic heterocycles. The zero-order chi connectivity index (χ0) is 20.9. The number of ether oxygens (including phenoxy) is 3. The molecule has 9 nitrogen and oxygen atoms in total. The van der Waals surface area contributed by atoms with Gasteiger partial charge in [-0.05, 0) is 32.0 Å². The molecule has 0 unspecified atom stereocenters. The predicted octanol–water partition coefficient (Wildman–Crippen LogP) is -0.308. The Bertz CT molecular complexity index is 951. The van der Waals surface area contributed by atoms with E-state index in [4.69, 9.17) is 18.6 Å². The summed E-state index contributed by atoms with van der Waals surface area (Å²) in [6, 6.07) is 6.59. The maximum Gasteiger partial charge on any atom is 0.336 e. The fourth-order valence-electron chi connectivity index (χ4n) is 3.79. The second-order valence-electron chi connectivity index (χ2n) is 7.95. The van der Waals surface area contributed by atoms with Crippen molar-refractivity contribution in [1.82, 2.24) is 0 Å². The Morgan fingerprint density at radius 1 is 1.10 bits per heavy atom. The molecule has 9 heteroatoms. The van der Waals surface area contributed by atoms with Gasteiger partial charge in [0.25, 0.3) is 0 Å². The van der Waals surface area contributed by atoms with E-state index in [2.05, 4.69) is 0 Å². The highest BCUT2D eigenvalue weighted by molar-refractivity contribution is 5.82. The van der Waals surface area contributed by atoms with Gasteiger partial charge in [-0.2, -0.15) is 0 Å². The highest BCUT2D eigenvalue weighted by Gasteiger charge is 2.48. The van der Waals surface area contributed by atoms with Crippen LogP contribution >= 0.6 is 0 Å². The molecular formula is C20H24O9. The van der Waals surface area contributed by atoms with E-state index in [1.807, 2.05) is 0 Å². The number of hydrogen-bond donors (Lipinski definition) is 4. The second kappa shape index (κ2) is 7.35. The summed E-state index contributed by atoms with van der Waals surface area (Å²) in [4.78, 5) is 11.7. The first-order valence-electron chi connectivity index (χ1n) is 9.42. The van der Waals surface area contributed by atoms with Crippen molar-refractivity contribution in [2.45, 2.75) is 62.7 Å². The largest absolute Gasteiger partial charge is 0.485 e. The fraction of sp³-hybridized carbons (Fsp3) is 0.550. The lowest BCUT2D eigenvalue weighted by atomic mass is 9.89. The van der Waals surface area contributed by atoms with Crippen LogP contribution in [-0.2, 0) is 15.9 Å². The molecule has 0 aliphatic carbocycles. The molecule has 0 radical (unpaired) electrons. The van der Waals surface area contributed by atoms with E-state index in [1.54, 1.807) is 32.0 Å². The van der Waals surface area contributed by atoms with Gasteiger partial charge in [0, 0.05) is 23.4 Å². The van der Waals surface area contributed by atoms with Gasteiger partial charge >= 0.3 is 5.63 Å². The third-order valence-corrected chi connectivity index (χ3v) is 5.53. The van der Waals surface area contributed by atoms with Crippen LogP contribution in [0.3, 0.4) is 0 Å². The summed E-state index contributed by atoms with van der Waals surface area (Å²) in [5, 5.41) is 40.3. The molecular weight excluding hydrogens is 384 g/mol. The molecule has 2 aliphatic rings. The van der Waals surface area contributed by atoms with Crippen LogP contribution in [0.2, 0.25) is 0 Å². The van der Waals surface area contributed by atoms with Gasteiger partial charge < -0.3 is 39.1 Å². The van der Waals surface area contributed by atoms with E-state index in [1.165, 1.54) is 6.07 Å². The van der Waals surface area contributed by atoms with Gasteiger partial charge in [0.1, 0.15) is 47.5 Å². The lowest BCUT2D eigenvalue weighted by Crippen LogP contribution is -2.61. The summed E-state index contributed by atoms with van der Waals surface area (Å²) < 4.78 is 22.9. The van der Waals surface area contributed by atoms with Crippen LogP contribution < -0.4 is 10.4 Å². The normalized spacial score (nSPS) is 33.9. The maximum absolute atomic E-state index is 11.7. The van der Waals surface area contributed by atoms with Crippen molar-refractivity contribution in [2.24, 2.45) is 0 Å². The van der Waals surface area contributed by atoms with Crippen molar-refractivity contribution < 1.29 is 39.1 Å². The highest BCUT2D eigenvalue weighted by atomic mass is 16.7. The van der Waals surface area contributed by atoms with Crippen molar-refractivity contribution in [3.05, 3.63) is 40.2 Å². The minimum absolute atomic E-state index is 0.293. The lowest BCUT2D eigenvalue weighted by molar-refractivity contribution is -0.321. The summed E-state index contributed by atoms with van der Waals surface area (Å²) in [5.41, 5.74) is -0.279. The van der Waals surface area contributed by atoms with Crippen LogP contribution in [0.25, 0.3) is 11.0 Å². The molecule has 2 aliphatic heterocycles. The zero-order valence-corrected chi connectivity index (χ0v) is 16.0. The summed E-state index contributed by atoms with van der Waals surface area (Å²) in [5.74, 6) is 0.561. The number of fused-ring (bicyclic) bond motifs is 3. The molecule has 4 N–H and O–H groups in total. The van der Waals surface area contributed by atoms with Crippen LogP contribution in [-0.4, -0.2) is 69.4 Å². The number of hydrogen-bond acceptors (Lipinski definition) is 9. The molecule has 1 aromatic carbocycles. The first-order chi connectivity index (χ1) is 13.7. The molecule has 6 atom stereocenters. The Hall–Kier alpha value is -2.01. The fourth-order valence-corrected chi connectivity index (χ4v) is 3.79. The third-order valence-electron chi connectivity index (χ3n) is 5.53. The molecule has 0 spiro atoms. The Morgan fingerprint density at radius 3 is 2.55 bits per heavy atom. The Balaban J connectivity index is 1.65. The molecule has 0 saturated carbocycles. The molecule has 0 bridgehead atoms. The first-order valence-corrected chi connectivity index (χ1v) is 9.42. The Morgan fingerprint density at radius 2 is 1.83 bits per heavy atom. The van der Waals surface area contributed by atoms with Gasteiger partial charge in [-0.25, -0.2) is 4.79 Å². The van der Waals surface area contributed by atoms with E-state index in [9.17, 15) is 25.2 Å². The molecule has 1 saturated heterocycles.